The van der Waals surface area contributed by atoms with Crippen LogP contribution >= 0.6 is 11.8 Å². The second-order valence-corrected chi connectivity index (χ2v) is 11.4. The fraction of sp³-hybridized carbons (Fsp3) is 0.478. The molecule has 3 rings (SSSR count). The average molecular weight is 437 g/mol. The van der Waals surface area contributed by atoms with Crippen molar-refractivity contribution < 1.29 is 17.9 Å². The molecule has 3 atom stereocenters. The Bertz CT molecular complexity index is 955. The Morgan fingerprint density at radius 3 is 2.48 bits per heavy atom. The van der Waals surface area contributed by atoms with Gasteiger partial charge < -0.3 is 5.11 Å². The maximum Gasteiger partial charge on any atom is 0.181 e. The molecule has 0 spiro atoms. The molecule has 2 aromatic carbocycles. The summed E-state index contributed by atoms with van der Waals surface area (Å²) in [5.41, 5.74) is 1.63. The van der Waals surface area contributed by atoms with Crippen LogP contribution in [-0.2, 0) is 9.84 Å². The van der Waals surface area contributed by atoms with Gasteiger partial charge in [0.1, 0.15) is 11.6 Å². The number of halogens is 1. The van der Waals surface area contributed by atoms with Gasteiger partial charge in [0.05, 0.1) is 10.1 Å². The Kier molecular flexibility index (Phi) is 6.94. The number of unbranched alkanes of at least 4 members (excludes halogenated alkanes) is 1. The Morgan fingerprint density at radius 2 is 1.86 bits per heavy atom. The number of hydrogen-bond donors (Lipinski definition) is 1. The molecule has 0 saturated heterocycles. The number of phenolic OH excluding ortho intramolecular Hbond substituents is 1. The lowest BCUT2D eigenvalue weighted by Gasteiger charge is -2.24. The number of aromatic hydroxyl groups is 1. The van der Waals surface area contributed by atoms with Gasteiger partial charge in [-0.3, -0.25) is 0 Å². The standard InChI is InChI=1S/C23H29FO3S2/c1-4-6-7-17-12-19(16-8-10-18(24)11-9-16)20-13-22(28-5-2)21(25)14-23(20)29(26,27)15(17)3/h8-11,13-15,17,19,25H,4-7,12H2,1-3H3. The molecule has 0 aromatic heterocycles. The summed E-state index contributed by atoms with van der Waals surface area (Å²) in [5.74, 6) is 0.335. The molecule has 158 valence electrons. The third kappa shape index (κ3) is 4.48. The van der Waals surface area contributed by atoms with E-state index < -0.39 is 15.1 Å². The van der Waals surface area contributed by atoms with Crippen molar-refractivity contribution in [2.75, 3.05) is 5.75 Å². The van der Waals surface area contributed by atoms with Crippen LogP contribution < -0.4 is 0 Å². The predicted molar refractivity (Wildman–Crippen MR) is 117 cm³/mol. The van der Waals surface area contributed by atoms with Crippen LogP contribution in [-0.4, -0.2) is 24.5 Å². The molecular weight excluding hydrogens is 407 g/mol. The number of phenols is 1. The molecular formula is C23H29FO3S2. The zero-order chi connectivity index (χ0) is 21.2. The van der Waals surface area contributed by atoms with Crippen molar-refractivity contribution in [1.82, 2.24) is 0 Å². The van der Waals surface area contributed by atoms with Crippen LogP contribution in [0.15, 0.2) is 46.2 Å². The van der Waals surface area contributed by atoms with Gasteiger partial charge in [-0.05, 0) is 66.8 Å². The van der Waals surface area contributed by atoms with Crippen LogP contribution in [0.2, 0.25) is 0 Å². The topological polar surface area (TPSA) is 54.4 Å². The van der Waals surface area contributed by atoms with Gasteiger partial charge in [0, 0.05) is 10.8 Å². The van der Waals surface area contributed by atoms with E-state index in [1.165, 1.54) is 30.0 Å². The normalized spacial score (nSPS) is 23.4. The lowest BCUT2D eigenvalue weighted by atomic mass is 9.81. The summed E-state index contributed by atoms with van der Waals surface area (Å²) < 4.78 is 40.5. The van der Waals surface area contributed by atoms with E-state index in [4.69, 9.17) is 0 Å². The second kappa shape index (κ2) is 9.09. The zero-order valence-corrected chi connectivity index (χ0v) is 18.8. The van der Waals surface area contributed by atoms with Gasteiger partial charge in [0.15, 0.2) is 9.84 Å². The molecule has 0 amide bonds. The molecule has 1 aliphatic heterocycles. The molecule has 0 fully saturated rings. The van der Waals surface area contributed by atoms with Gasteiger partial charge in [0.2, 0.25) is 0 Å². The minimum Gasteiger partial charge on any atom is -0.507 e. The predicted octanol–water partition coefficient (Wildman–Crippen LogP) is 6.15. The maximum absolute atomic E-state index is 13.5. The Hall–Kier alpha value is -1.53. The summed E-state index contributed by atoms with van der Waals surface area (Å²) in [6, 6.07) is 9.63. The SMILES string of the molecule is CCCCC1CC(c2ccc(F)cc2)c2cc(SCC)c(O)cc2S(=O)(=O)C1C. The summed E-state index contributed by atoms with van der Waals surface area (Å²) in [6.45, 7) is 5.89. The summed E-state index contributed by atoms with van der Waals surface area (Å²) >= 11 is 1.49. The Morgan fingerprint density at radius 1 is 1.17 bits per heavy atom. The van der Waals surface area contributed by atoms with E-state index in [1.54, 1.807) is 19.1 Å². The van der Waals surface area contributed by atoms with Crippen LogP contribution in [0.5, 0.6) is 5.75 Å². The van der Waals surface area contributed by atoms with Crippen molar-refractivity contribution in [2.45, 2.75) is 67.4 Å². The van der Waals surface area contributed by atoms with Gasteiger partial charge in [0.25, 0.3) is 0 Å². The number of rotatable bonds is 6. The van der Waals surface area contributed by atoms with Crippen molar-refractivity contribution in [3.63, 3.8) is 0 Å². The van der Waals surface area contributed by atoms with Crippen molar-refractivity contribution >= 4 is 21.6 Å². The molecule has 0 radical (unpaired) electrons. The highest BCUT2D eigenvalue weighted by Crippen LogP contribution is 2.46. The largest absolute Gasteiger partial charge is 0.507 e. The van der Waals surface area contributed by atoms with Crippen molar-refractivity contribution in [3.8, 4) is 5.75 Å². The minimum atomic E-state index is -3.58. The molecule has 1 heterocycles. The summed E-state index contributed by atoms with van der Waals surface area (Å²) in [7, 11) is -3.58. The zero-order valence-electron chi connectivity index (χ0n) is 17.2. The third-order valence-electron chi connectivity index (χ3n) is 5.97. The van der Waals surface area contributed by atoms with Crippen molar-refractivity contribution in [3.05, 3.63) is 53.3 Å². The smallest absolute Gasteiger partial charge is 0.181 e. The van der Waals surface area contributed by atoms with E-state index in [1.807, 2.05) is 13.0 Å². The summed E-state index contributed by atoms with van der Waals surface area (Å²) in [6.07, 6.45) is 3.51. The van der Waals surface area contributed by atoms with Gasteiger partial charge in [-0.25, -0.2) is 12.8 Å². The fourth-order valence-electron chi connectivity index (χ4n) is 4.26. The van der Waals surface area contributed by atoms with E-state index in [9.17, 15) is 17.9 Å². The first-order valence-electron chi connectivity index (χ1n) is 10.3. The first-order chi connectivity index (χ1) is 13.8. The Balaban J connectivity index is 2.22. The van der Waals surface area contributed by atoms with E-state index in [-0.39, 0.29) is 28.3 Å². The Labute approximate surface area is 177 Å². The molecule has 0 bridgehead atoms. The van der Waals surface area contributed by atoms with Crippen LogP contribution in [0.4, 0.5) is 4.39 Å². The van der Waals surface area contributed by atoms with Crippen LogP contribution in [0, 0.1) is 11.7 Å². The average Bonchev–Trinajstić information content (AvgIpc) is 2.76. The molecule has 1 aliphatic rings. The first kappa shape index (κ1) is 22.2. The molecule has 2 aromatic rings. The summed E-state index contributed by atoms with van der Waals surface area (Å²) in [4.78, 5) is 0.907. The quantitative estimate of drug-likeness (QED) is 0.552. The lowest BCUT2D eigenvalue weighted by molar-refractivity contribution is 0.404. The minimum absolute atomic E-state index is 0.00632. The monoisotopic (exact) mass is 436 g/mol. The highest BCUT2D eigenvalue weighted by molar-refractivity contribution is 7.99. The second-order valence-electron chi connectivity index (χ2n) is 7.78. The molecule has 3 unspecified atom stereocenters. The lowest BCUT2D eigenvalue weighted by Crippen LogP contribution is -2.26. The van der Waals surface area contributed by atoms with Crippen LogP contribution in [0.25, 0.3) is 0 Å². The van der Waals surface area contributed by atoms with E-state index in [0.717, 1.165) is 36.1 Å². The van der Waals surface area contributed by atoms with Crippen molar-refractivity contribution in [2.24, 2.45) is 5.92 Å². The van der Waals surface area contributed by atoms with Crippen LogP contribution in [0.3, 0.4) is 0 Å². The first-order valence-corrected chi connectivity index (χ1v) is 12.8. The highest BCUT2D eigenvalue weighted by atomic mass is 32.2. The number of benzene rings is 2. The number of sulfone groups is 1. The van der Waals surface area contributed by atoms with E-state index >= 15 is 0 Å². The molecule has 0 aliphatic carbocycles. The van der Waals surface area contributed by atoms with Gasteiger partial charge in [-0.15, -0.1) is 11.8 Å². The molecule has 29 heavy (non-hydrogen) atoms. The molecule has 6 heteroatoms. The maximum atomic E-state index is 13.5. The fourth-order valence-corrected chi connectivity index (χ4v) is 6.95. The molecule has 3 nitrogen and oxygen atoms in total. The van der Waals surface area contributed by atoms with Gasteiger partial charge in [-0.2, -0.15) is 0 Å². The third-order valence-corrected chi connectivity index (χ3v) is 9.22. The molecule has 0 saturated carbocycles. The number of fused-ring (bicyclic) bond motifs is 1. The van der Waals surface area contributed by atoms with E-state index in [0.29, 0.717) is 11.3 Å². The number of hydrogen-bond acceptors (Lipinski definition) is 4. The van der Waals surface area contributed by atoms with Gasteiger partial charge in [-0.1, -0.05) is 38.8 Å². The van der Waals surface area contributed by atoms with Gasteiger partial charge >= 0.3 is 0 Å². The van der Waals surface area contributed by atoms with E-state index in [2.05, 4.69) is 6.92 Å². The highest BCUT2D eigenvalue weighted by Gasteiger charge is 2.40. The van der Waals surface area contributed by atoms with Crippen LogP contribution in [0.1, 0.15) is 63.5 Å². The number of thioether (sulfide) groups is 1. The van der Waals surface area contributed by atoms with Crippen molar-refractivity contribution in [1.29, 1.82) is 0 Å². The molecule has 1 N–H and O–H groups in total. The summed E-state index contributed by atoms with van der Waals surface area (Å²) in [5, 5.41) is 9.95.